The molecular weight excluding hydrogens is 253 g/mol. The van der Waals surface area contributed by atoms with Crippen molar-refractivity contribution in [1.29, 1.82) is 0 Å². The number of benzene rings is 1. The molecule has 0 unspecified atom stereocenters. The lowest BCUT2D eigenvalue weighted by molar-refractivity contribution is -0.385. The Morgan fingerprint density at radius 3 is 2.69 bits per heavy atom. The number of hydrogen-bond donors (Lipinski definition) is 0. The molecule has 0 bridgehead atoms. The van der Waals surface area contributed by atoms with E-state index in [4.69, 9.17) is 23.2 Å². The second-order valence-corrected chi connectivity index (χ2v) is 5.08. The van der Waals surface area contributed by atoms with Crippen LogP contribution in [0.25, 0.3) is 0 Å². The molecule has 0 fully saturated rings. The summed E-state index contributed by atoms with van der Waals surface area (Å²) in [5.41, 5.74) is 0.634. The summed E-state index contributed by atoms with van der Waals surface area (Å²) in [5, 5.41) is 10.8. The van der Waals surface area contributed by atoms with E-state index in [2.05, 4.69) is 0 Å². The highest BCUT2D eigenvalue weighted by atomic mass is 35.5. The Labute approximate surface area is 101 Å². The predicted octanol–water partition coefficient (Wildman–Crippen LogP) is 2.90. The van der Waals surface area contributed by atoms with E-state index in [1.54, 1.807) is 0 Å². The second-order valence-electron chi connectivity index (χ2n) is 3.59. The van der Waals surface area contributed by atoms with Crippen LogP contribution < -0.4 is 0 Å². The number of nitro groups is 1. The number of hydrogen-bond acceptors (Lipinski definition) is 3. The van der Waals surface area contributed by atoms with E-state index in [-0.39, 0.29) is 17.7 Å². The lowest BCUT2D eigenvalue weighted by Gasteiger charge is -2.24. The highest BCUT2D eigenvalue weighted by Gasteiger charge is 2.41. The lowest BCUT2D eigenvalue weighted by Crippen LogP contribution is -2.32. The zero-order valence-electron chi connectivity index (χ0n) is 8.07. The fourth-order valence-electron chi connectivity index (χ4n) is 1.81. The molecule has 0 saturated heterocycles. The van der Waals surface area contributed by atoms with Crippen molar-refractivity contribution in [2.75, 3.05) is 0 Å². The minimum absolute atomic E-state index is 0.0466. The highest BCUT2D eigenvalue weighted by molar-refractivity contribution is 6.60. The van der Waals surface area contributed by atoms with Crippen molar-refractivity contribution in [2.45, 2.75) is 17.2 Å². The lowest BCUT2D eigenvalue weighted by atomic mass is 9.89. The summed E-state index contributed by atoms with van der Waals surface area (Å²) in [6, 6.07) is 4.36. The maximum Gasteiger partial charge on any atom is 0.273 e. The Bertz CT molecular complexity index is 485. The predicted molar refractivity (Wildman–Crippen MR) is 60.2 cm³/mol. The van der Waals surface area contributed by atoms with E-state index in [1.807, 2.05) is 0 Å². The van der Waals surface area contributed by atoms with Gasteiger partial charge >= 0.3 is 0 Å². The molecule has 0 heterocycles. The first kappa shape index (κ1) is 11.4. The summed E-state index contributed by atoms with van der Waals surface area (Å²) in [7, 11) is 0. The smallest absolute Gasteiger partial charge is 0.273 e. The van der Waals surface area contributed by atoms with E-state index in [9.17, 15) is 14.9 Å². The number of rotatable bonds is 1. The number of fused-ring (bicyclic) bond motifs is 1. The van der Waals surface area contributed by atoms with Crippen LogP contribution in [0, 0.1) is 10.1 Å². The highest BCUT2D eigenvalue weighted by Crippen LogP contribution is 2.39. The first-order chi connectivity index (χ1) is 7.43. The van der Waals surface area contributed by atoms with Gasteiger partial charge in [0.15, 0.2) is 10.1 Å². The standard InChI is InChI=1S/C10H7Cl2NO3/c11-10(12)5-4-6-7(9(10)14)2-1-3-8(6)13(15)16/h1-3H,4-5H2. The van der Waals surface area contributed by atoms with Crippen LogP contribution in [0.4, 0.5) is 5.69 Å². The van der Waals surface area contributed by atoms with Gasteiger partial charge in [0, 0.05) is 17.2 Å². The number of Topliss-reactive ketones (excluding diaryl/α,β-unsaturated/α-hetero) is 1. The molecule has 0 saturated carbocycles. The summed E-state index contributed by atoms with van der Waals surface area (Å²) in [4.78, 5) is 22.1. The summed E-state index contributed by atoms with van der Waals surface area (Å²) in [6.45, 7) is 0. The number of alkyl halides is 2. The van der Waals surface area contributed by atoms with E-state index in [0.717, 1.165) is 0 Å². The van der Waals surface area contributed by atoms with Crippen molar-refractivity contribution < 1.29 is 9.72 Å². The number of nitro benzene ring substituents is 1. The first-order valence-electron chi connectivity index (χ1n) is 4.62. The second kappa shape index (κ2) is 3.71. The van der Waals surface area contributed by atoms with Crippen molar-refractivity contribution in [2.24, 2.45) is 0 Å². The van der Waals surface area contributed by atoms with Gasteiger partial charge in [0.2, 0.25) is 0 Å². The van der Waals surface area contributed by atoms with Gasteiger partial charge in [-0.1, -0.05) is 35.3 Å². The molecule has 1 aliphatic rings. The van der Waals surface area contributed by atoms with E-state index in [0.29, 0.717) is 12.0 Å². The fourth-order valence-corrected chi connectivity index (χ4v) is 2.21. The Hall–Kier alpha value is -1.13. The molecule has 16 heavy (non-hydrogen) atoms. The zero-order valence-corrected chi connectivity index (χ0v) is 9.59. The number of halogens is 2. The van der Waals surface area contributed by atoms with Gasteiger partial charge in [0.25, 0.3) is 5.69 Å². The maximum atomic E-state index is 11.8. The molecule has 0 N–H and O–H groups in total. The molecule has 2 rings (SSSR count). The average Bonchev–Trinajstić information content (AvgIpc) is 2.23. The van der Waals surface area contributed by atoms with Crippen molar-refractivity contribution in [1.82, 2.24) is 0 Å². The quantitative estimate of drug-likeness (QED) is 0.443. The normalized spacial score (nSPS) is 18.0. The van der Waals surface area contributed by atoms with Crippen molar-refractivity contribution >= 4 is 34.7 Å². The first-order valence-corrected chi connectivity index (χ1v) is 5.38. The third kappa shape index (κ3) is 1.68. The average molecular weight is 260 g/mol. The summed E-state index contributed by atoms with van der Waals surface area (Å²) in [6.07, 6.45) is 0.540. The van der Waals surface area contributed by atoms with Gasteiger partial charge < -0.3 is 0 Å². The van der Waals surface area contributed by atoms with Crippen LogP contribution in [0.3, 0.4) is 0 Å². The van der Waals surface area contributed by atoms with Crippen LogP contribution in [-0.4, -0.2) is 15.0 Å². The monoisotopic (exact) mass is 259 g/mol. The SMILES string of the molecule is O=C1c2cccc([N+](=O)[O-])c2CCC1(Cl)Cl. The van der Waals surface area contributed by atoms with Gasteiger partial charge in [0.1, 0.15) is 0 Å². The minimum atomic E-state index is -1.46. The molecule has 0 radical (unpaired) electrons. The van der Waals surface area contributed by atoms with Gasteiger partial charge in [-0.15, -0.1) is 0 Å². The minimum Gasteiger partial charge on any atom is -0.291 e. The Morgan fingerprint density at radius 2 is 2.06 bits per heavy atom. The van der Waals surface area contributed by atoms with Gasteiger partial charge in [0.05, 0.1) is 4.92 Å². The fraction of sp³-hybridized carbons (Fsp3) is 0.300. The Balaban J connectivity index is 2.60. The number of ketones is 1. The van der Waals surface area contributed by atoms with Gasteiger partial charge in [-0.25, -0.2) is 0 Å². The van der Waals surface area contributed by atoms with E-state index in [1.165, 1.54) is 18.2 Å². The summed E-state index contributed by atoms with van der Waals surface area (Å²) < 4.78 is -1.46. The molecule has 1 aliphatic carbocycles. The van der Waals surface area contributed by atoms with Crippen LogP contribution in [0.5, 0.6) is 0 Å². The molecule has 0 atom stereocenters. The van der Waals surface area contributed by atoms with Crippen LogP contribution >= 0.6 is 23.2 Å². The third-order valence-electron chi connectivity index (χ3n) is 2.61. The number of nitrogens with zero attached hydrogens (tertiary/aromatic N) is 1. The Morgan fingerprint density at radius 1 is 1.38 bits per heavy atom. The van der Waals surface area contributed by atoms with Crippen molar-refractivity contribution in [3.63, 3.8) is 0 Å². The molecular formula is C10H7Cl2NO3. The molecule has 0 amide bonds. The number of carbonyl (C=O) groups excluding carboxylic acids is 1. The maximum absolute atomic E-state index is 11.8. The molecule has 0 spiro atoms. The molecule has 84 valence electrons. The molecule has 6 heteroatoms. The molecule has 1 aromatic rings. The zero-order chi connectivity index (χ0) is 11.9. The molecule has 0 aromatic heterocycles. The van der Waals surface area contributed by atoms with Gasteiger partial charge in [-0.2, -0.15) is 0 Å². The van der Waals surface area contributed by atoms with Gasteiger partial charge in [-0.05, 0) is 12.8 Å². The molecule has 1 aromatic carbocycles. The van der Waals surface area contributed by atoms with Crippen LogP contribution in [0.15, 0.2) is 18.2 Å². The van der Waals surface area contributed by atoms with E-state index < -0.39 is 15.0 Å². The van der Waals surface area contributed by atoms with Gasteiger partial charge in [-0.3, -0.25) is 14.9 Å². The van der Waals surface area contributed by atoms with Crippen molar-refractivity contribution in [3.05, 3.63) is 39.4 Å². The number of carbonyl (C=O) groups is 1. The topological polar surface area (TPSA) is 60.2 Å². The Kier molecular flexibility index (Phi) is 2.64. The summed E-state index contributed by atoms with van der Waals surface area (Å²) >= 11 is 11.7. The third-order valence-corrected chi connectivity index (χ3v) is 3.34. The van der Waals surface area contributed by atoms with Crippen LogP contribution in [0.1, 0.15) is 22.3 Å². The van der Waals surface area contributed by atoms with Crippen LogP contribution in [0.2, 0.25) is 0 Å². The largest absolute Gasteiger partial charge is 0.291 e. The molecule has 4 nitrogen and oxygen atoms in total. The molecule has 0 aliphatic heterocycles. The summed E-state index contributed by atoms with van der Waals surface area (Å²) in [5.74, 6) is -0.458. The van der Waals surface area contributed by atoms with E-state index >= 15 is 0 Å². The van der Waals surface area contributed by atoms with Crippen molar-refractivity contribution in [3.8, 4) is 0 Å². The van der Waals surface area contributed by atoms with Crippen LogP contribution in [-0.2, 0) is 6.42 Å².